The van der Waals surface area contributed by atoms with Crippen molar-refractivity contribution in [3.8, 4) is 0 Å². The van der Waals surface area contributed by atoms with Crippen molar-refractivity contribution in [1.82, 2.24) is 10.2 Å². The number of amides is 1. The number of fused-ring (bicyclic) bond motifs is 1. The lowest BCUT2D eigenvalue weighted by molar-refractivity contribution is -0.187. The molecule has 6 heteroatoms. The van der Waals surface area contributed by atoms with Gasteiger partial charge in [-0.2, -0.15) is 13.2 Å². The maximum absolute atomic E-state index is 12.9. The predicted molar refractivity (Wildman–Crippen MR) is 95.7 cm³/mol. The molecule has 2 atom stereocenters. The smallest absolute Gasteiger partial charge is 0.348 e. The highest BCUT2D eigenvalue weighted by atomic mass is 19.4. The third kappa shape index (κ3) is 4.55. The van der Waals surface area contributed by atoms with Crippen LogP contribution in [0.5, 0.6) is 0 Å². The lowest BCUT2D eigenvalue weighted by Crippen LogP contribution is -2.46. The molecule has 0 bridgehead atoms. The SMILES string of the molecule is C[C@H](NC(=O)CN1CCC[C@H](C(F)(F)F)C1)c1ccc2ccccc2c1. The highest BCUT2D eigenvalue weighted by Crippen LogP contribution is 2.33. The van der Waals surface area contributed by atoms with Crippen LogP contribution in [-0.2, 0) is 4.79 Å². The maximum atomic E-state index is 12.9. The number of rotatable bonds is 4. The number of halogens is 3. The fraction of sp³-hybridized carbons (Fsp3) is 0.450. The molecule has 1 aliphatic heterocycles. The Kier molecular flexibility index (Phi) is 5.51. The minimum absolute atomic E-state index is 0.00447. The Hall–Kier alpha value is -2.08. The van der Waals surface area contributed by atoms with Crippen LogP contribution in [0.25, 0.3) is 10.8 Å². The number of piperidine rings is 1. The first-order valence-electron chi connectivity index (χ1n) is 8.90. The van der Waals surface area contributed by atoms with Gasteiger partial charge in [0.05, 0.1) is 18.5 Å². The van der Waals surface area contributed by atoms with Crippen LogP contribution in [0.2, 0.25) is 0 Å². The van der Waals surface area contributed by atoms with Crippen molar-refractivity contribution in [1.29, 1.82) is 0 Å². The van der Waals surface area contributed by atoms with E-state index in [1.807, 2.05) is 49.4 Å². The standard InChI is InChI=1S/C20H23F3N2O/c1-14(16-9-8-15-5-2-3-6-17(15)11-16)24-19(26)13-25-10-4-7-18(12-25)20(21,22)23/h2-3,5-6,8-9,11,14,18H,4,7,10,12-13H2,1H3,(H,24,26)/t14-,18-/m0/s1. The second-order valence-electron chi connectivity index (χ2n) is 7.01. The number of benzene rings is 2. The van der Waals surface area contributed by atoms with Gasteiger partial charge in [-0.25, -0.2) is 0 Å². The number of likely N-dealkylation sites (tertiary alicyclic amines) is 1. The third-order valence-corrected chi connectivity index (χ3v) is 4.99. The summed E-state index contributed by atoms with van der Waals surface area (Å²) < 4.78 is 38.7. The molecule has 26 heavy (non-hydrogen) atoms. The van der Waals surface area contributed by atoms with Gasteiger partial charge in [-0.05, 0) is 48.7 Å². The molecule has 1 fully saturated rings. The second-order valence-corrected chi connectivity index (χ2v) is 7.01. The summed E-state index contributed by atoms with van der Waals surface area (Å²) in [5.74, 6) is -1.57. The lowest BCUT2D eigenvalue weighted by Gasteiger charge is -2.33. The second kappa shape index (κ2) is 7.66. The Morgan fingerprint density at radius 2 is 1.96 bits per heavy atom. The maximum Gasteiger partial charge on any atom is 0.393 e. The number of hydrogen-bond donors (Lipinski definition) is 1. The first-order chi connectivity index (χ1) is 12.3. The molecular weight excluding hydrogens is 341 g/mol. The molecule has 0 radical (unpaired) electrons. The van der Waals surface area contributed by atoms with Crippen LogP contribution in [0.4, 0.5) is 13.2 Å². The highest BCUT2D eigenvalue weighted by molar-refractivity contribution is 5.83. The van der Waals surface area contributed by atoms with Crippen molar-refractivity contribution in [2.24, 2.45) is 5.92 Å². The molecular formula is C20H23F3N2O. The Morgan fingerprint density at radius 3 is 2.69 bits per heavy atom. The van der Waals surface area contributed by atoms with E-state index >= 15 is 0 Å². The van der Waals surface area contributed by atoms with E-state index in [1.54, 1.807) is 4.90 Å². The van der Waals surface area contributed by atoms with Crippen LogP contribution >= 0.6 is 0 Å². The van der Waals surface area contributed by atoms with Gasteiger partial charge in [0.25, 0.3) is 0 Å². The van der Waals surface area contributed by atoms with E-state index in [1.165, 1.54) is 0 Å². The van der Waals surface area contributed by atoms with E-state index in [4.69, 9.17) is 0 Å². The van der Waals surface area contributed by atoms with Gasteiger partial charge in [-0.1, -0.05) is 36.4 Å². The van der Waals surface area contributed by atoms with Crippen molar-refractivity contribution >= 4 is 16.7 Å². The molecule has 0 spiro atoms. The van der Waals surface area contributed by atoms with Crippen LogP contribution in [0.15, 0.2) is 42.5 Å². The summed E-state index contributed by atoms with van der Waals surface area (Å²) in [4.78, 5) is 13.9. The summed E-state index contributed by atoms with van der Waals surface area (Å²) >= 11 is 0. The number of nitrogens with zero attached hydrogens (tertiary/aromatic N) is 1. The zero-order valence-corrected chi connectivity index (χ0v) is 14.7. The van der Waals surface area contributed by atoms with Gasteiger partial charge in [-0.15, -0.1) is 0 Å². The molecule has 0 saturated carbocycles. The average molecular weight is 364 g/mol. The third-order valence-electron chi connectivity index (χ3n) is 4.99. The van der Waals surface area contributed by atoms with Crippen molar-refractivity contribution in [3.05, 3.63) is 48.0 Å². The van der Waals surface area contributed by atoms with Crippen molar-refractivity contribution < 1.29 is 18.0 Å². The molecule has 1 N–H and O–H groups in total. The lowest BCUT2D eigenvalue weighted by atomic mass is 9.97. The van der Waals surface area contributed by atoms with Crippen molar-refractivity contribution in [3.63, 3.8) is 0 Å². The van der Waals surface area contributed by atoms with E-state index in [2.05, 4.69) is 5.32 Å². The summed E-state index contributed by atoms with van der Waals surface area (Å²) in [6.45, 7) is 2.33. The van der Waals surface area contributed by atoms with Gasteiger partial charge in [0.1, 0.15) is 0 Å². The first kappa shape index (κ1) is 18.7. The van der Waals surface area contributed by atoms with E-state index in [0.29, 0.717) is 13.0 Å². The van der Waals surface area contributed by atoms with Crippen molar-refractivity contribution in [2.45, 2.75) is 32.0 Å². The van der Waals surface area contributed by atoms with E-state index in [-0.39, 0.29) is 31.5 Å². The molecule has 1 amide bonds. The number of hydrogen-bond acceptors (Lipinski definition) is 2. The molecule has 1 saturated heterocycles. The number of carbonyl (C=O) groups excluding carboxylic acids is 1. The minimum atomic E-state index is -4.19. The molecule has 2 aromatic carbocycles. The molecule has 1 aliphatic rings. The predicted octanol–water partition coefficient (Wildman–Crippen LogP) is 4.29. The largest absolute Gasteiger partial charge is 0.393 e. The molecule has 2 aromatic rings. The van der Waals surface area contributed by atoms with Crippen LogP contribution < -0.4 is 5.32 Å². The van der Waals surface area contributed by atoms with Gasteiger partial charge < -0.3 is 5.32 Å². The normalized spacial score (nSPS) is 20.1. The van der Waals surface area contributed by atoms with Crippen LogP contribution in [0.1, 0.15) is 31.4 Å². The Morgan fingerprint density at radius 1 is 1.23 bits per heavy atom. The van der Waals surface area contributed by atoms with Crippen LogP contribution in [-0.4, -0.2) is 36.6 Å². The van der Waals surface area contributed by atoms with E-state index < -0.39 is 12.1 Å². The number of carbonyl (C=O) groups is 1. The summed E-state index contributed by atoms with van der Waals surface area (Å²) in [6.07, 6.45) is -3.57. The zero-order valence-electron chi connectivity index (χ0n) is 14.7. The fourth-order valence-corrected chi connectivity index (χ4v) is 3.52. The number of alkyl halides is 3. The first-order valence-corrected chi connectivity index (χ1v) is 8.90. The highest BCUT2D eigenvalue weighted by Gasteiger charge is 2.41. The van der Waals surface area contributed by atoms with Gasteiger partial charge >= 0.3 is 6.18 Å². The summed E-state index contributed by atoms with van der Waals surface area (Å²) in [6, 6.07) is 13.8. The van der Waals surface area contributed by atoms with Crippen LogP contribution in [0.3, 0.4) is 0 Å². The summed E-state index contributed by atoms with van der Waals surface area (Å²) in [5.41, 5.74) is 0.976. The summed E-state index contributed by atoms with van der Waals surface area (Å²) in [7, 11) is 0. The molecule has 0 unspecified atom stereocenters. The fourth-order valence-electron chi connectivity index (χ4n) is 3.52. The minimum Gasteiger partial charge on any atom is -0.348 e. The van der Waals surface area contributed by atoms with Gasteiger partial charge in [0, 0.05) is 6.54 Å². The van der Waals surface area contributed by atoms with Crippen molar-refractivity contribution in [2.75, 3.05) is 19.6 Å². The topological polar surface area (TPSA) is 32.3 Å². The van der Waals surface area contributed by atoms with Gasteiger partial charge in [-0.3, -0.25) is 9.69 Å². The average Bonchev–Trinajstić information content (AvgIpc) is 2.60. The molecule has 0 aliphatic carbocycles. The summed E-state index contributed by atoms with van der Waals surface area (Å²) in [5, 5.41) is 5.12. The Balaban J connectivity index is 1.58. The molecule has 0 aromatic heterocycles. The Bertz CT molecular complexity index is 775. The zero-order chi connectivity index (χ0) is 18.7. The molecule has 3 nitrogen and oxygen atoms in total. The van der Waals surface area contributed by atoms with Crippen LogP contribution in [0, 0.1) is 5.92 Å². The van der Waals surface area contributed by atoms with E-state index in [0.717, 1.165) is 16.3 Å². The molecule has 1 heterocycles. The number of nitrogens with one attached hydrogen (secondary N) is 1. The van der Waals surface area contributed by atoms with Gasteiger partial charge in [0.2, 0.25) is 5.91 Å². The monoisotopic (exact) mass is 364 g/mol. The van der Waals surface area contributed by atoms with Gasteiger partial charge in [0.15, 0.2) is 0 Å². The molecule has 140 valence electrons. The quantitative estimate of drug-likeness (QED) is 0.878. The molecule has 3 rings (SSSR count). The van der Waals surface area contributed by atoms with E-state index in [9.17, 15) is 18.0 Å². The Labute approximate surface area is 151 Å².